The summed E-state index contributed by atoms with van der Waals surface area (Å²) in [6.45, 7) is 25.2. The van der Waals surface area contributed by atoms with E-state index in [9.17, 15) is 10.2 Å². The van der Waals surface area contributed by atoms with Gasteiger partial charge in [-0.2, -0.15) is 0 Å². The second-order valence-electron chi connectivity index (χ2n) is 17.8. The Morgan fingerprint density at radius 2 is 1.33 bits per heavy atom. The molecule has 3 aliphatic rings. The standard InChI is InChI=1S/C42H63N5O2/c1-40(2,3)32-23-29(15-12-19-46-21-14-22-47-20-13-18-43-39(46)47)37(48)30(24-32)27-44-35-16-10-11-17-36(35)45-28-31-25-33(41(4,5)6)26-34(38(31)49)42(7,8)9/h23-28,35-36H,10-22H2,1-9H3,(H2,44,45,48,49)/p+1/t35-,36-/m0/s1. The lowest BCUT2D eigenvalue weighted by Crippen LogP contribution is -2.55. The lowest BCUT2D eigenvalue weighted by molar-refractivity contribution is -0.544. The molecular formula is C42H64N5O2+. The van der Waals surface area contributed by atoms with Gasteiger partial charge in [0.1, 0.15) is 11.5 Å². The van der Waals surface area contributed by atoms with Crippen LogP contribution < -0.4 is 5.32 Å². The Bertz CT molecular complexity index is 1560. The van der Waals surface area contributed by atoms with Gasteiger partial charge in [0.15, 0.2) is 0 Å². The van der Waals surface area contributed by atoms with E-state index in [0.29, 0.717) is 11.5 Å². The minimum Gasteiger partial charge on any atom is -0.507 e. The van der Waals surface area contributed by atoms with Crippen molar-refractivity contribution in [3.63, 3.8) is 0 Å². The molecule has 0 unspecified atom stereocenters. The molecule has 0 radical (unpaired) electrons. The van der Waals surface area contributed by atoms with Crippen molar-refractivity contribution in [2.24, 2.45) is 9.98 Å². The van der Waals surface area contributed by atoms with Crippen molar-refractivity contribution in [3.8, 4) is 11.5 Å². The molecule has 0 bridgehead atoms. The molecule has 0 amide bonds. The predicted molar refractivity (Wildman–Crippen MR) is 206 cm³/mol. The van der Waals surface area contributed by atoms with E-state index in [0.717, 1.165) is 93.5 Å². The maximum Gasteiger partial charge on any atom is 0.348 e. The highest BCUT2D eigenvalue weighted by Crippen LogP contribution is 2.38. The van der Waals surface area contributed by atoms with E-state index >= 15 is 0 Å². The van der Waals surface area contributed by atoms with Gasteiger partial charge in [0, 0.05) is 42.0 Å². The summed E-state index contributed by atoms with van der Waals surface area (Å²) in [6, 6.07) is 8.64. The van der Waals surface area contributed by atoms with E-state index in [1.165, 1.54) is 29.9 Å². The molecule has 268 valence electrons. The van der Waals surface area contributed by atoms with Crippen molar-refractivity contribution in [2.75, 3.05) is 32.7 Å². The summed E-state index contributed by atoms with van der Waals surface area (Å²) in [5, 5.41) is 26.6. The van der Waals surface area contributed by atoms with Crippen LogP contribution in [-0.4, -0.2) is 82.9 Å². The summed E-state index contributed by atoms with van der Waals surface area (Å²) in [4.78, 5) is 12.7. The zero-order valence-corrected chi connectivity index (χ0v) is 32.0. The third-order valence-electron chi connectivity index (χ3n) is 10.6. The number of guanidine groups is 1. The van der Waals surface area contributed by atoms with Crippen LogP contribution in [0.2, 0.25) is 0 Å². The van der Waals surface area contributed by atoms with Gasteiger partial charge in [-0.25, -0.2) is 0 Å². The molecule has 2 heterocycles. The van der Waals surface area contributed by atoms with E-state index in [-0.39, 0.29) is 28.3 Å². The number of aliphatic imine (C=N–C) groups is 2. The van der Waals surface area contributed by atoms with Gasteiger partial charge in [0.25, 0.3) is 0 Å². The van der Waals surface area contributed by atoms with Gasteiger partial charge in [-0.1, -0.05) is 87.3 Å². The summed E-state index contributed by atoms with van der Waals surface area (Å²) in [6.07, 6.45) is 12.2. The fraction of sp³-hybridized carbons (Fsp3) is 0.643. The minimum absolute atomic E-state index is 0.0307. The SMILES string of the molecule is CC(C)(C)c1cc(C=N[C@H]2CCCC[C@@H]2N=Cc2cc(C(C)(C)C)cc(C(C)(C)C)c2O)c(O)c(CCCN2CCC[N+]3=C2NCCC3)c1. The van der Waals surface area contributed by atoms with Crippen LogP contribution in [0.4, 0.5) is 0 Å². The number of phenols is 2. The minimum atomic E-state index is -0.186. The van der Waals surface area contributed by atoms with Crippen LogP contribution in [0, 0.1) is 0 Å². The normalized spacial score (nSPS) is 21.0. The van der Waals surface area contributed by atoms with Crippen LogP contribution in [0.3, 0.4) is 0 Å². The second-order valence-corrected chi connectivity index (χ2v) is 17.8. The molecule has 2 aromatic rings. The number of hydrogen-bond acceptors (Lipinski definition) is 6. The average molecular weight is 671 g/mol. The first-order chi connectivity index (χ1) is 23.0. The van der Waals surface area contributed by atoms with Gasteiger partial charge in [0.05, 0.1) is 44.8 Å². The Morgan fingerprint density at radius 1 is 0.755 bits per heavy atom. The van der Waals surface area contributed by atoms with Crippen molar-refractivity contribution in [1.29, 1.82) is 0 Å². The molecule has 3 N–H and O–H groups in total. The highest BCUT2D eigenvalue weighted by Gasteiger charge is 2.30. The van der Waals surface area contributed by atoms with E-state index in [1.54, 1.807) is 0 Å². The maximum absolute atomic E-state index is 11.6. The molecule has 2 atom stereocenters. The van der Waals surface area contributed by atoms with E-state index < -0.39 is 0 Å². The van der Waals surface area contributed by atoms with E-state index in [2.05, 4.69) is 101 Å². The Kier molecular flexibility index (Phi) is 11.2. The average Bonchev–Trinajstić information content (AvgIpc) is 3.03. The Labute approximate surface area is 296 Å². The lowest BCUT2D eigenvalue weighted by Gasteiger charge is -2.30. The van der Waals surface area contributed by atoms with Gasteiger partial charge in [-0.15, -0.1) is 0 Å². The molecule has 1 fully saturated rings. The molecule has 0 saturated heterocycles. The van der Waals surface area contributed by atoms with Crippen molar-refractivity contribution >= 4 is 18.4 Å². The zero-order chi connectivity index (χ0) is 35.6. The largest absolute Gasteiger partial charge is 0.507 e. The summed E-state index contributed by atoms with van der Waals surface area (Å²) in [5.41, 5.74) is 5.67. The molecule has 2 aromatic carbocycles. The summed E-state index contributed by atoms with van der Waals surface area (Å²) in [7, 11) is 0. The molecule has 7 nitrogen and oxygen atoms in total. The van der Waals surface area contributed by atoms with Crippen LogP contribution in [-0.2, 0) is 22.7 Å². The van der Waals surface area contributed by atoms with Crippen molar-refractivity contribution in [1.82, 2.24) is 10.2 Å². The number of nitrogens with one attached hydrogen (secondary N) is 1. The van der Waals surface area contributed by atoms with Gasteiger partial charge < -0.3 is 10.2 Å². The molecule has 1 aliphatic carbocycles. The number of rotatable bonds is 8. The molecule has 0 spiro atoms. The molecule has 1 saturated carbocycles. The Hall–Kier alpha value is -3.35. The maximum atomic E-state index is 11.6. The Morgan fingerprint density at radius 3 is 1.92 bits per heavy atom. The molecule has 49 heavy (non-hydrogen) atoms. The highest BCUT2D eigenvalue weighted by atomic mass is 16.3. The van der Waals surface area contributed by atoms with Crippen LogP contribution in [0.1, 0.15) is 141 Å². The molecule has 7 heteroatoms. The summed E-state index contributed by atoms with van der Waals surface area (Å²) < 4.78 is 2.50. The molecular weight excluding hydrogens is 606 g/mol. The van der Waals surface area contributed by atoms with Crippen molar-refractivity contribution in [3.05, 3.63) is 57.6 Å². The van der Waals surface area contributed by atoms with Crippen LogP contribution in [0.5, 0.6) is 11.5 Å². The topological polar surface area (TPSA) is 83.5 Å². The van der Waals surface area contributed by atoms with Crippen molar-refractivity contribution < 1.29 is 14.8 Å². The third-order valence-corrected chi connectivity index (χ3v) is 10.6. The molecule has 2 aliphatic heterocycles. The number of nitrogens with zero attached hydrogens (tertiary/aromatic N) is 4. The zero-order valence-electron chi connectivity index (χ0n) is 32.0. The summed E-state index contributed by atoms with van der Waals surface area (Å²) in [5.74, 6) is 1.98. The van der Waals surface area contributed by atoms with Crippen molar-refractivity contribution in [2.45, 2.75) is 142 Å². The van der Waals surface area contributed by atoms with Gasteiger partial charge in [0.2, 0.25) is 0 Å². The van der Waals surface area contributed by atoms with Gasteiger partial charge in [-0.3, -0.25) is 24.8 Å². The smallest absolute Gasteiger partial charge is 0.348 e. The van der Waals surface area contributed by atoms with Gasteiger partial charge in [-0.05, 0) is 70.8 Å². The first-order valence-corrected chi connectivity index (χ1v) is 18.9. The van der Waals surface area contributed by atoms with Gasteiger partial charge >= 0.3 is 5.96 Å². The quantitative estimate of drug-likeness (QED) is 0.198. The van der Waals surface area contributed by atoms with E-state index in [4.69, 9.17) is 9.98 Å². The third kappa shape index (κ3) is 9.07. The molecule has 5 rings (SSSR count). The number of hydrogen-bond donors (Lipinski definition) is 3. The number of aryl methyl sites for hydroxylation is 1. The van der Waals surface area contributed by atoms with Crippen LogP contribution in [0.25, 0.3) is 0 Å². The Balaban J connectivity index is 1.36. The second kappa shape index (κ2) is 14.9. The number of benzene rings is 2. The molecule has 0 aromatic heterocycles. The van der Waals surface area contributed by atoms with Crippen LogP contribution in [0.15, 0.2) is 34.3 Å². The number of phenolic OH excluding ortho intramolecular Hbond substituents is 2. The summed E-state index contributed by atoms with van der Waals surface area (Å²) >= 11 is 0. The number of aromatic hydroxyl groups is 2. The highest BCUT2D eigenvalue weighted by molar-refractivity contribution is 5.86. The predicted octanol–water partition coefficient (Wildman–Crippen LogP) is 7.84. The van der Waals surface area contributed by atoms with E-state index in [1.807, 2.05) is 12.4 Å². The fourth-order valence-electron chi connectivity index (χ4n) is 7.45. The first-order valence-electron chi connectivity index (χ1n) is 18.9. The van der Waals surface area contributed by atoms with Crippen LogP contribution >= 0.6 is 0 Å². The monoisotopic (exact) mass is 671 g/mol. The fourth-order valence-corrected chi connectivity index (χ4v) is 7.45. The first kappa shape index (κ1) is 36.9. The lowest BCUT2D eigenvalue weighted by atomic mass is 9.79.